The van der Waals surface area contributed by atoms with Gasteiger partial charge >= 0.3 is 0 Å². The summed E-state index contributed by atoms with van der Waals surface area (Å²) in [5, 5.41) is 3.98. The van der Waals surface area contributed by atoms with Gasteiger partial charge in [-0.15, -0.1) is 59.7 Å². The van der Waals surface area contributed by atoms with E-state index in [4.69, 9.17) is 4.98 Å². The molecule has 0 saturated heterocycles. The van der Waals surface area contributed by atoms with Crippen molar-refractivity contribution in [2.45, 2.75) is 46.3 Å². The van der Waals surface area contributed by atoms with E-state index in [1.54, 1.807) is 0 Å². The van der Waals surface area contributed by atoms with E-state index in [0.717, 1.165) is 22.5 Å². The first-order valence-corrected chi connectivity index (χ1v) is 20.3. The molecule has 0 amide bonds. The number of rotatable bonds is 6. The summed E-state index contributed by atoms with van der Waals surface area (Å²) in [5.41, 5.74) is 8.03. The van der Waals surface area contributed by atoms with Crippen LogP contribution in [0.1, 0.15) is 32.3 Å². The average Bonchev–Trinajstić information content (AvgIpc) is 3.47. The molecule has 5 heteroatoms. The molecule has 3 aromatic heterocycles. The summed E-state index contributed by atoms with van der Waals surface area (Å²) < 4.78 is 2.57. The molecule has 0 aliphatic heterocycles. The number of pyridine rings is 2. The number of nitrogens with zero attached hydrogens (tertiary/aromatic N) is 2. The van der Waals surface area contributed by atoms with Gasteiger partial charge in [-0.2, -0.15) is 11.3 Å². The summed E-state index contributed by atoms with van der Waals surface area (Å²) in [4.78, 5) is 9.23. The average molecular weight is 825 g/mol. The van der Waals surface area contributed by atoms with Crippen LogP contribution in [0, 0.1) is 18.1 Å². The summed E-state index contributed by atoms with van der Waals surface area (Å²) >= 11 is 1.84. The molecule has 7 aromatic rings. The Kier molecular flexibility index (Phi) is 11.0. The van der Waals surface area contributed by atoms with E-state index in [1.165, 1.54) is 42.0 Å². The number of fused-ring (bicyclic) bond motifs is 3. The van der Waals surface area contributed by atoms with Crippen LogP contribution < -0.4 is 5.19 Å². The second kappa shape index (κ2) is 15.0. The van der Waals surface area contributed by atoms with Crippen molar-refractivity contribution >= 4 is 44.8 Å². The van der Waals surface area contributed by atoms with E-state index in [1.807, 2.05) is 54.1 Å². The normalized spacial score (nSPS) is 12.0. The molecule has 0 bridgehead atoms. The molecule has 1 radical (unpaired) electrons. The second-order valence-electron chi connectivity index (χ2n) is 13.2. The van der Waals surface area contributed by atoms with E-state index in [2.05, 4.69) is 136 Å². The predicted molar refractivity (Wildman–Crippen MR) is 202 cm³/mol. The third kappa shape index (κ3) is 7.88. The van der Waals surface area contributed by atoms with Gasteiger partial charge in [-0.3, -0.25) is 0 Å². The Morgan fingerprint density at radius 2 is 1.47 bits per heavy atom. The number of benzene rings is 4. The molecule has 3 heterocycles. The van der Waals surface area contributed by atoms with Crippen LogP contribution in [-0.4, -0.2) is 18.0 Å². The van der Waals surface area contributed by atoms with Gasteiger partial charge in [0.25, 0.3) is 0 Å². The quantitative estimate of drug-likeness (QED) is 0.123. The van der Waals surface area contributed by atoms with Crippen molar-refractivity contribution in [1.82, 2.24) is 9.97 Å². The van der Waals surface area contributed by atoms with Crippen LogP contribution in [0.5, 0.6) is 0 Å². The van der Waals surface area contributed by atoms with E-state index < -0.39 is 8.07 Å². The van der Waals surface area contributed by atoms with Gasteiger partial charge in [-0.1, -0.05) is 112 Å². The van der Waals surface area contributed by atoms with Crippen LogP contribution in [0.2, 0.25) is 19.6 Å². The minimum Gasteiger partial charge on any atom is -0.305 e. The van der Waals surface area contributed by atoms with Crippen molar-refractivity contribution in [3.63, 3.8) is 0 Å². The third-order valence-electron chi connectivity index (χ3n) is 8.72. The van der Waals surface area contributed by atoms with Gasteiger partial charge in [0, 0.05) is 37.2 Å². The Bertz CT molecular complexity index is 2060. The molecule has 7 rings (SSSR count). The van der Waals surface area contributed by atoms with Gasteiger partial charge in [0.05, 0.1) is 8.07 Å². The first-order valence-electron chi connectivity index (χ1n) is 16.0. The largest absolute Gasteiger partial charge is 0.305 e. The smallest absolute Gasteiger partial charge is 0.0795 e. The molecule has 1 unspecified atom stereocenters. The molecule has 0 N–H and O–H groups in total. The number of thiophene rings is 1. The van der Waals surface area contributed by atoms with Gasteiger partial charge in [-0.05, 0) is 61.8 Å². The molecule has 47 heavy (non-hydrogen) atoms. The minimum atomic E-state index is -1.23. The van der Waals surface area contributed by atoms with Crippen molar-refractivity contribution < 1.29 is 20.1 Å². The fraction of sp³-hybridized carbons (Fsp3) is 0.190. The van der Waals surface area contributed by atoms with Gasteiger partial charge in [0.2, 0.25) is 0 Å². The molecule has 0 spiro atoms. The van der Waals surface area contributed by atoms with Crippen LogP contribution in [0.4, 0.5) is 0 Å². The fourth-order valence-electron chi connectivity index (χ4n) is 5.54. The van der Waals surface area contributed by atoms with Crippen LogP contribution >= 0.6 is 11.3 Å². The Morgan fingerprint density at radius 1 is 0.681 bits per heavy atom. The first-order chi connectivity index (χ1) is 22.2. The molecule has 0 saturated carbocycles. The molecule has 0 fully saturated rings. The van der Waals surface area contributed by atoms with Crippen molar-refractivity contribution in [3.8, 4) is 33.6 Å². The van der Waals surface area contributed by atoms with Crippen LogP contribution in [0.3, 0.4) is 0 Å². The zero-order chi connectivity index (χ0) is 32.3. The topological polar surface area (TPSA) is 25.8 Å². The molecule has 2 nitrogen and oxygen atoms in total. The molecular formula is C42H40IrN2SSi-2. The van der Waals surface area contributed by atoms with Gasteiger partial charge in [-0.25, -0.2) is 0 Å². The molecule has 239 valence electrons. The van der Waals surface area contributed by atoms with Crippen molar-refractivity contribution in [1.29, 1.82) is 0 Å². The van der Waals surface area contributed by atoms with Gasteiger partial charge in [0.15, 0.2) is 0 Å². The van der Waals surface area contributed by atoms with Gasteiger partial charge in [0.1, 0.15) is 0 Å². The summed E-state index contributed by atoms with van der Waals surface area (Å²) in [5.74, 6) is 1.10. The van der Waals surface area contributed by atoms with Crippen molar-refractivity contribution in [3.05, 3.63) is 139 Å². The summed E-state index contributed by atoms with van der Waals surface area (Å²) in [6.07, 6.45) is 3.96. The third-order valence-corrected chi connectivity index (χ3v) is 11.9. The summed E-state index contributed by atoms with van der Waals surface area (Å²) in [7, 11) is -1.23. The van der Waals surface area contributed by atoms with E-state index in [9.17, 15) is 0 Å². The zero-order valence-corrected chi connectivity index (χ0v) is 32.0. The van der Waals surface area contributed by atoms with Crippen LogP contribution in [0.25, 0.3) is 53.8 Å². The van der Waals surface area contributed by atoms with Crippen molar-refractivity contribution in [2.75, 3.05) is 0 Å². The Hall–Kier alpha value is -3.73. The number of hydrogen-bond donors (Lipinski definition) is 0. The molecule has 1 atom stereocenters. The maximum absolute atomic E-state index is 4.71. The molecule has 0 aliphatic rings. The maximum Gasteiger partial charge on any atom is 0.0795 e. The van der Waals surface area contributed by atoms with E-state index in [0.29, 0.717) is 11.8 Å². The summed E-state index contributed by atoms with van der Waals surface area (Å²) in [6, 6.07) is 44.9. The van der Waals surface area contributed by atoms with Gasteiger partial charge < -0.3 is 9.97 Å². The minimum absolute atomic E-state index is 0. The standard InChI is InChI=1S/C28H24NS.C14H16NSi.Ir/c1-18(2)19(3)21-14-15-29-26(16-21)25-11-7-10-24-23-13-12-22(17-27(23)30-28(24)25)20-8-5-4-6-9-20;1-16(2,3)13-9-10-14(15-11-13)12-7-5-4-6-8-12;/h4-10,12-19H,1-3H3;4-7,9-11H,1-3H3;/q2*-1;. The molecule has 0 aliphatic carbocycles. The van der Waals surface area contributed by atoms with Crippen LogP contribution in [-0.2, 0) is 20.1 Å². The first kappa shape index (κ1) is 34.6. The van der Waals surface area contributed by atoms with Crippen molar-refractivity contribution in [2.24, 2.45) is 5.92 Å². The van der Waals surface area contributed by atoms with E-state index in [-0.39, 0.29) is 20.1 Å². The Morgan fingerprint density at radius 3 is 2.15 bits per heavy atom. The zero-order valence-electron chi connectivity index (χ0n) is 27.8. The Labute approximate surface area is 298 Å². The Balaban J connectivity index is 0.000000217. The fourth-order valence-corrected chi connectivity index (χ4v) is 7.83. The maximum atomic E-state index is 4.71. The predicted octanol–water partition coefficient (Wildman–Crippen LogP) is 11.4. The monoisotopic (exact) mass is 825 g/mol. The molecular weight excluding hydrogens is 785 g/mol. The SMILES string of the molecule is CC(C)C(C)c1ccnc(-c2[c-]ccc3c2sc2cc(-c4ccccc4)ccc23)c1.C[Si](C)(C)c1ccc(-c2[c-]cccc2)nc1.[Ir]. The van der Waals surface area contributed by atoms with E-state index >= 15 is 0 Å². The molecule has 4 aromatic carbocycles. The van der Waals surface area contributed by atoms with Crippen LogP contribution in [0.15, 0.2) is 122 Å². The summed E-state index contributed by atoms with van der Waals surface area (Å²) in [6.45, 7) is 13.8. The second-order valence-corrected chi connectivity index (χ2v) is 19.4. The number of aromatic nitrogens is 2. The number of hydrogen-bond acceptors (Lipinski definition) is 3.